The van der Waals surface area contributed by atoms with Crippen LogP contribution in [-0.4, -0.2) is 34.1 Å². The summed E-state index contributed by atoms with van der Waals surface area (Å²) in [6.07, 6.45) is 20.9. The summed E-state index contributed by atoms with van der Waals surface area (Å²) in [6, 6.07) is 5.51. The Bertz CT molecular complexity index is 1380. The number of imidazole rings is 1. The molecule has 2 aliphatic carbocycles. The smallest absolute Gasteiger partial charge is 0.300 e. The summed E-state index contributed by atoms with van der Waals surface area (Å²) in [6.45, 7) is 14.3. The number of anilines is 1. The number of carboxylic acids is 1. The summed E-state index contributed by atoms with van der Waals surface area (Å²) in [4.78, 5) is 20.2. The topological polar surface area (TPSA) is 103 Å². The number of hydrogen-bond donors (Lipinski definition) is 3. The summed E-state index contributed by atoms with van der Waals surface area (Å²) in [5, 5.41) is 11.3. The number of aliphatic imine (C=N–C) groups is 1. The van der Waals surface area contributed by atoms with Crippen molar-refractivity contribution in [1.82, 2.24) is 9.97 Å². The Morgan fingerprint density at radius 3 is 2.59 bits per heavy atom. The summed E-state index contributed by atoms with van der Waals surface area (Å²) in [5.41, 5.74) is 8.58. The molecule has 4 rings (SSSR count). The lowest BCUT2D eigenvalue weighted by molar-refractivity contribution is -0.134. The van der Waals surface area contributed by atoms with E-state index in [1.54, 1.807) is 0 Å². The highest BCUT2D eigenvalue weighted by Crippen LogP contribution is 2.34. The van der Waals surface area contributed by atoms with Gasteiger partial charge in [0.05, 0.1) is 16.7 Å². The SMILES string of the molecule is C=N/C=N\Nc1ccc2nc(C(=C)/C(F)=C\C(=C/C)C3=CC=C(C4CCCCC4)CC=C3)[nH]c2c1.CC.CC(=O)O. The van der Waals surface area contributed by atoms with Gasteiger partial charge in [-0.25, -0.2) is 9.37 Å². The first kappa shape index (κ1) is 32.9. The zero-order chi connectivity index (χ0) is 30.2. The maximum absolute atomic E-state index is 15.3. The summed E-state index contributed by atoms with van der Waals surface area (Å²) >= 11 is 0. The van der Waals surface area contributed by atoms with Gasteiger partial charge in [0.15, 0.2) is 0 Å². The van der Waals surface area contributed by atoms with E-state index in [2.05, 4.69) is 63.1 Å². The van der Waals surface area contributed by atoms with Crippen LogP contribution in [0.4, 0.5) is 10.1 Å². The van der Waals surface area contributed by atoms with E-state index >= 15 is 4.39 Å². The largest absolute Gasteiger partial charge is 0.481 e. The Balaban J connectivity index is 0.000000902. The van der Waals surface area contributed by atoms with Crippen LogP contribution in [0.5, 0.6) is 0 Å². The predicted molar refractivity (Wildman–Crippen MR) is 171 cm³/mol. The summed E-state index contributed by atoms with van der Waals surface area (Å²) in [7, 11) is 0. The van der Waals surface area contributed by atoms with E-state index in [1.807, 2.05) is 45.0 Å². The molecular weight excluding hydrogens is 517 g/mol. The predicted octanol–water partition coefficient (Wildman–Crippen LogP) is 8.94. The lowest BCUT2D eigenvalue weighted by Gasteiger charge is -2.23. The molecule has 0 saturated heterocycles. The summed E-state index contributed by atoms with van der Waals surface area (Å²) in [5.74, 6) is -0.186. The first-order valence-electron chi connectivity index (χ1n) is 14.1. The fourth-order valence-corrected chi connectivity index (χ4v) is 4.65. The molecule has 218 valence electrons. The maximum Gasteiger partial charge on any atom is 0.300 e. The van der Waals surface area contributed by atoms with Crippen LogP contribution in [0.2, 0.25) is 0 Å². The van der Waals surface area contributed by atoms with Crippen LogP contribution in [-0.2, 0) is 4.79 Å². The number of nitrogens with one attached hydrogen (secondary N) is 2. The number of aliphatic carboxylic acids is 1. The minimum absolute atomic E-state index is 0.209. The number of halogens is 1. The van der Waals surface area contributed by atoms with Gasteiger partial charge in [-0.3, -0.25) is 15.2 Å². The van der Waals surface area contributed by atoms with E-state index in [1.165, 1.54) is 50.1 Å². The van der Waals surface area contributed by atoms with Gasteiger partial charge in [0.1, 0.15) is 18.0 Å². The van der Waals surface area contributed by atoms with Crippen molar-refractivity contribution in [3.63, 3.8) is 0 Å². The Kier molecular flexibility index (Phi) is 13.9. The molecule has 41 heavy (non-hydrogen) atoms. The molecule has 8 heteroatoms. The minimum atomic E-state index is -0.833. The Morgan fingerprint density at radius 2 is 1.93 bits per heavy atom. The quantitative estimate of drug-likeness (QED) is 0.130. The number of carbonyl (C=O) groups is 1. The van der Waals surface area contributed by atoms with Gasteiger partial charge in [-0.1, -0.05) is 75.6 Å². The van der Waals surface area contributed by atoms with E-state index in [0.717, 1.165) is 35.7 Å². The van der Waals surface area contributed by atoms with Gasteiger partial charge in [-0.2, -0.15) is 5.10 Å². The van der Waals surface area contributed by atoms with Crippen LogP contribution < -0.4 is 5.43 Å². The lowest BCUT2D eigenvalue weighted by Crippen LogP contribution is -2.08. The third kappa shape index (κ3) is 10.3. The zero-order valence-corrected chi connectivity index (χ0v) is 24.6. The molecule has 1 heterocycles. The molecule has 2 aromatic rings. The highest BCUT2D eigenvalue weighted by molar-refractivity contribution is 5.84. The second kappa shape index (κ2) is 17.4. The van der Waals surface area contributed by atoms with E-state index in [-0.39, 0.29) is 5.57 Å². The number of rotatable bonds is 8. The number of carboxylic acid groups (broad SMARTS) is 1. The molecule has 0 aliphatic heterocycles. The van der Waals surface area contributed by atoms with Gasteiger partial charge in [0.25, 0.3) is 5.97 Å². The van der Waals surface area contributed by atoms with Crippen molar-refractivity contribution in [2.75, 3.05) is 5.43 Å². The average molecular weight is 560 g/mol. The van der Waals surface area contributed by atoms with E-state index < -0.39 is 11.8 Å². The summed E-state index contributed by atoms with van der Waals surface area (Å²) < 4.78 is 15.3. The Hall–Kier alpha value is -4.33. The molecule has 1 aromatic carbocycles. The number of hydrogen-bond acceptors (Lipinski definition) is 4. The van der Waals surface area contributed by atoms with Crippen LogP contribution in [0.1, 0.15) is 72.0 Å². The fourth-order valence-electron chi connectivity index (χ4n) is 4.65. The number of fused-ring (bicyclic) bond motifs is 1. The maximum atomic E-state index is 15.3. The molecule has 0 spiro atoms. The molecule has 7 nitrogen and oxygen atoms in total. The van der Waals surface area contributed by atoms with Gasteiger partial charge < -0.3 is 10.1 Å². The van der Waals surface area contributed by atoms with Crippen LogP contribution >= 0.6 is 0 Å². The standard InChI is InChI=1S/C29H32FN5.C2H4O2.C2H6/c1-4-21(23-11-8-12-24(14-13-23)22-9-6-5-7-10-22)17-26(30)20(2)29-33-27-16-15-25(18-28(27)34-29)35-32-19-31-3;1-2(3)4;1-2/h4,8,11,13-19,22,35H,2-3,5-7,9-10,12H2,1H3,(H,33,34);1H3,(H,3,4);1-2H3/b21-4+,26-17+,32-19-;;. The zero-order valence-electron chi connectivity index (χ0n) is 24.6. The van der Waals surface area contributed by atoms with Crippen molar-refractivity contribution >= 4 is 41.3 Å². The van der Waals surface area contributed by atoms with Gasteiger partial charge in [-0.05, 0) is 74.2 Å². The molecule has 0 amide bonds. The highest BCUT2D eigenvalue weighted by atomic mass is 19.1. The fraction of sp³-hybridized carbons (Fsp3) is 0.333. The van der Waals surface area contributed by atoms with Crippen molar-refractivity contribution in [3.8, 4) is 0 Å². The molecule has 2 aliphatic rings. The van der Waals surface area contributed by atoms with Gasteiger partial charge in [-0.15, -0.1) is 0 Å². The number of aromatic nitrogens is 2. The molecule has 0 radical (unpaired) electrons. The van der Waals surface area contributed by atoms with Crippen molar-refractivity contribution in [1.29, 1.82) is 0 Å². The monoisotopic (exact) mass is 559 g/mol. The van der Waals surface area contributed by atoms with Gasteiger partial charge in [0.2, 0.25) is 0 Å². The second-order valence-corrected chi connectivity index (χ2v) is 9.40. The van der Waals surface area contributed by atoms with Crippen molar-refractivity contribution in [2.45, 2.75) is 66.2 Å². The van der Waals surface area contributed by atoms with Crippen molar-refractivity contribution in [3.05, 3.63) is 89.6 Å². The molecule has 0 bridgehead atoms. The second-order valence-electron chi connectivity index (χ2n) is 9.40. The number of nitrogens with zero attached hydrogens (tertiary/aromatic N) is 3. The van der Waals surface area contributed by atoms with Crippen LogP contribution in [0.3, 0.4) is 0 Å². The average Bonchev–Trinajstić information content (AvgIpc) is 3.25. The Morgan fingerprint density at radius 1 is 1.22 bits per heavy atom. The number of benzene rings is 1. The first-order chi connectivity index (χ1) is 19.8. The number of allylic oxidation sites excluding steroid dienone is 11. The first-order valence-corrected chi connectivity index (χ1v) is 14.1. The van der Waals surface area contributed by atoms with E-state index in [9.17, 15) is 0 Å². The van der Waals surface area contributed by atoms with Crippen LogP contribution in [0, 0.1) is 5.92 Å². The Labute approximate surface area is 242 Å². The van der Waals surface area contributed by atoms with E-state index in [4.69, 9.17) is 9.90 Å². The molecule has 1 saturated carbocycles. The van der Waals surface area contributed by atoms with Crippen LogP contribution in [0.15, 0.2) is 93.9 Å². The lowest BCUT2D eigenvalue weighted by atomic mass is 9.82. The highest BCUT2D eigenvalue weighted by Gasteiger charge is 2.18. The number of H-pyrrole nitrogens is 1. The van der Waals surface area contributed by atoms with Gasteiger partial charge >= 0.3 is 0 Å². The molecule has 3 N–H and O–H groups in total. The third-order valence-electron chi connectivity index (χ3n) is 6.57. The molecule has 1 aromatic heterocycles. The van der Waals surface area contributed by atoms with Crippen LogP contribution in [0.25, 0.3) is 16.6 Å². The van der Waals surface area contributed by atoms with E-state index in [0.29, 0.717) is 17.3 Å². The van der Waals surface area contributed by atoms with Crippen molar-refractivity contribution in [2.24, 2.45) is 16.0 Å². The molecule has 0 unspecified atom stereocenters. The van der Waals surface area contributed by atoms with Gasteiger partial charge in [0, 0.05) is 12.5 Å². The number of hydrazone groups is 1. The van der Waals surface area contributed by atoms with Crippen molar-refractivity contribution < 1.29 is 14.3 Å². The molecule has 0 atom stereocenters. The molecule has 1 fully saturated rings. The minimum Gasteiger partial charge on any atom is -0.481 e. The molecular formula is C33H42FN5O2. The number of aromatic amines is 1. The third-order valence-corrected chi connectivity index (χ3v) is 6.57. The normalized spacial score (nSPS) is 16.0.